The molecule has 2 rings (SSSR count). The third-order valence-corrected chi connectivity index (χ3v) is 3.69. The van der Waals surface area contributed by atoms with Crippen molar-refractivity contribution in [3.05, 3.63) is 22.7 Å². The van der Waals surface area contributed by atoms with E-state index in [1.54, 1.807) is 0 Å². The molecule has 3 N–H and O–H groups in total. The zero-order valence-corrected chi connectivity index (χ0v) is 11.0. The number of nitrogens with one attached hydrogen (secondary N) is 1. The van der Waals surface area contributed by atoms with Crippen molar-refractivity contribution in [2.75, 3.05) is 37.2 Å². The Morgan fingerprint density at radius 2 is 2.06 bits per heavy atom. The third kappa shape index (κ3) is 2.89. The molecular formula is C12H18BrN3. The number of rotatable bonds is 4. The molecule has 0 saturated carbocycles. The molecule has 4 heteroatoms. The molecule has 0 aromatic heterocycles. The molecule has 3 nitrogen and oxygen atoms in total. The van der Waals surface area contributed by atoms with E-state index >= 15 is 0 Å². The monoisotopic (exact) mass is 283 g/mol. The summed E-state index contributed by atoms with van der Waals surface area (Å²) in [6.07, 6.45) is 2.69. The Morgan fingerprint density at radius 3 is 2.81 bits per heavy atom. The second-order valence-electron chi connectivity index (χ2n) is 4.18. The number of hydrogen-bond acceptors (Lipinski definition) is 3. The smallest absolute Gasteiger partial charge is 0.0694 e. The second kappa shape index (κ2) is 5.55. The van der Waals surface area contributed by atoms with Gasteiger partial charge in [0.1, 0.15) is 0 Å². The van der Waals surface area contributed by atoms with Crippen molar-refractivity contribution in [1.29, 1.82) is 0 Å². The van der Waals surface area contributed by atoms with E-state index in [9.17, 15) is 0 Å². The Kier molecular flexibility index (Phi) is 4.07. The van der Waals surface area contributed by atoms with Crippen LogP contribution in [-0.2, 0) is 0 Å². The van der Waals surface area contributed by atoms with E-state index < -0.39 is 0 Å². The van der Waals surface area contributed by atoms with Crippen LogP contribution < -0.4 is 11.1 Å². The minimum atomic E-state index is 0.795. The minimum absolute atomic E-state index is 0.795. The third-order valence-electron chi connectivity index (χ3n) is 3.00. The predicted molar refractivity (Wildman–Crippen MR) is 72.7 cm³/mol. The number of nitrogen functional groups attached to an aromatic ring is 1. The van der Waals surface area contributed by atoms with E-state index in [1.807, 2.05) is 18.2 Å². The van der Waals surface area contributed by atoms with Crippen LogP contribution in [-0.4, -0.2) is 31.1 Å². The quantitative estimate of drug-likeness (QED) is 0.835. The van der Waals surface area contributed by atoms with Crippen LogP contribution in [0.5, 0.6) is 0 Å². The fourth-order valence-corrected chi connectivity index (χ4v) is 2.41. The van der Waals surface area contributed by atoms with Gasteiger partial charge in [-0.05, 0) is 54.0 Å². The number of para-hydroxylation sites is 1. The molecule has 1 aliphatic rings. The lowest BCUT2D eigenvalue weighted by molar-refractivity contribution is 0.353. The molecule has 1 aliphatic heterocycles. The van der Waals surface area contributed by atoms with Crippen LogP contribution >= 0.6 is 15.9 Å². The van der Waals surface area contributed by atoms with Crippen LogP contribution in [0.25, 0.3) is 0 Å². The number of halogens is 1. The first-order chi connectivity index (χ1) is 7.77. The SMILES string of the molecule is Nc1c(Br)cccc1NCCN1CCCC1. The van der Waals surface area contributed by atoms with Gasteiger partial charge in [-0.15, -0.1) is 0 Å². The lowest BCUT2D eigenvalue weighted by Gasteiger charge is -2.16. The fourth-order valence-electron chi connectivity index (χ4n) is 2.05. The maximum absolute atomic E-state index is 5.95. The van der Waals surface area contributed by atoms with Gasteiger partial charge < -0.3 is 16.0 Å². The van der Waals surface area contributed by atoms with E-state index in [-0.39, 0.29) is 0 Å². The molecule has 88 valence electrons. The molecule has 1 heterocycles. The number of anilines is 2. The van der Waals surface area contributed by atoms with Gasteiger partial charge in [0.05, 0.1) is 11.4 Å². The molecule has 0 bridgehead atoms. The Hall–Kier alpha value is -0.740. The molecule has 0 unspecified atom stereocenters. The molecule has 0 spiro atoms. The van der Waals surface area contributed by atoms with Crippen molar-refractivity contribution in [3.8, 4) is 0 Å². The fraction of sp³-hybridized carbons (Fsp3) is 0.500. The number of hydrogen-bond donors (Lipinski definition) is 2. The second-order valence-corrected chi connectivity index (χ2v) is 5.03. The van der Waals surface area contributed by atoms with Crippen molar-refractivity contribution < 1.29 is 0 Å². The van der Waals surface area contributed by atoms with Crippen LogP contribution in [0.2, 0.25) is 0 Å². The summed E-state index contributed by atoms with van der Waals surface area (Å²) in [7, 11) is 0. The van der Waals surface area contributed by atoms with E-state index in [2.05, 4.69) is 26.1 Å². The number of nitrogens with two attached hydrogens (primary N) is 1. The zero-order valence-electron chi connectivity index (χ0n) is 9.38. The molecule has 16 heavy (non-hydrogen) atoms. The number of likely N-dealkylation sites (tertiary alicyclic amines) is 1. The van der Waals surface area contributed by atoms with E-state index in [0.717, 1.165) is 28.9 Å². The van der Waals surface area contributed by atoms with Crippen molar-refractivity contribution in [2.24, 2.45) is 0 Å². The first-order valence-corrected chi connectivity index (χ1v) is 6.57. The lowest BCUT2D eigenvalue weighted by Crippen LogP contribution is -2.26. The Bertz CT molecular complexity index is 348. The maximum Gasteiger partial charge on any atom is 0.0694 e. The maximum atomic E-state index is 5.95. The summed E-state index contributed by atoms with van der Waals surface area (Å²) in [5, 5.41) is 3.38. The highest BCUT2D eigenvalue weighted by molar-refractivity contribution is 9.10. The van der Waals surface area contributed by atoms with Gasteiger partial charge in [0.2, 0.25) is 0 Å². The van der Waals surface area contributed by atoms with Gasteiger partial charge in [0.15, 0.2) is 0 Å². The van der Waals surface area contributed by atoms with Crippen LogP contribution in [0.1, 0.15) is 12.8 Å². The summed E-state index contributed by atoms with van der Waals surface area (Å²) in [4.78, 5) is 2.49. The molecule has 0 atom stereocenters. The highest BCUT2D eigenvalue weighted by Crippen LogP contribution is 2.26. The predicted octanol–water partition coefficient (Wildman–Crippen LogP) is 2.54. The molecule has 0 aliphatic carbocycles. The van der Waals surface area contributed by atoms with E-state index in [1.165, 1.54) is 25.9 Å². The molecule has 0 amide bonds. The summed E-state index contributed by atoms with van der Waals surface area (Å²) in [6, 6.07) is 5.98. The summed E-state index contributed by atoms with van der Waals surface area (Å²) in [5.74, 6) is 0. The first kappa shape index (κ1) is 11.7. The van der Waals surface area contributed by atoms with Crippen LogP contribution in [0, 0.1) is 0 Å². The average molecular weight is 284 g/mol. The van der Waals surface area contributed by atoms with Gasteiger partial charge in [0, 0.05) is 17.6 Å². The van der Waals surface area contributed by atoms with Crippen molar-refractivity contribution >= 4 is 27.3 Å². The molecular weight excluding hydrogens is 266 g/mol. The Balaban J connectivity index is 1.82. The van der Waals surface area contributed by atoms with E-state index in [0.29, 0.717) is 0 Å². The normalized spacial score (nSPS) is 16.6. The summed E-state index contributed by atoms with van der Waals surface area (Å²) in [5.41, 5.74) is 7.77. The topological polar surface area (TPSA) is 41.3 Å². The summed E-state index contributed by atoms with van der Waals surface area (Å²) in [6.45, 7) is 4.55. The van der Waals surface area contributed by atoms with Gasteiger partial charge in [-0.3, -0.25) is 0 Å². The minimum Gasteiger partial charge on any atom is -0.396 e. The van der Waals surface area contributed by atoms with Crippen LogP contribution in [0.15, 0.2) is 22.7 Å². The molecule has 1 aromatic carbocycles. The van der Waals surface area contributed by atoms with E-state index in [4.69, 9.17) is 5.73 Å². The van der Waals surface area contributed by atoms with Gasteiger partial charge in [-0.2, -0.15) is 0 Å². The lowest BCUT2D eigenvalue weighted by atomic mass is 10.2. The zero-order chi connectivity index (χ0) is 11.4. The van der Waals surface area contributed by atoms with Crippen molar-refractivity contribution in [1.82, 2.24) is 4.90 Å². The first-order valence-electron chi connectivity index (χ1n) is 5.77. The average Bonchev–Trinajstić information content (AvgIpc) is 2.77. The highest BCUT2D eigenvalue weighted by atomic mass is 79.9. The van der Waals surface area contributed by atoms with Crippen molar-refractivity contribution in [3.63, 3.8) is 0 Å². The standard InChI is InChI=1S/C12H18BrN3/c13-10-4-3-5-11(12(10)14)15-6-9-16-7-1-2-8-16/h3-5,15H,1-2,6-9,14H2. The Labute approximate surface area is 105 Å². The van der Waals surface area contributed by atoms with Crippen molar-refractivity contribution in [2.45, 2.75) is 12.8 Å². The Morgan fingerprint density at radius 1 is 1.31 bits per heavy atom. The van der Waals surface area contributed by atoms with Gasteiger partial charge >= 0.3 is 0 Å². The number of nitrogens with zero attached hydrogens (tertiary/aromatic N) is 1. The molecule has 0 radical (unpaired) electrons. The van der Waals surface area contributed by atoms with Gasteiger partial charge in [-0.25, -0.2) is 0 Å². The highest BCUT2D eigenvalue weighted by Gasteiger charge is 2.10. The van der Waals surface area contributed by atoms with Crippen LogP contribution in [0.4, 0.5) is 11.4 Å². The summed E-state index contributed by atoms with van der Waals surface area (Å²) < 4.78 is 0.957. The van der Waals surface area contributed by atoms with Gasteiger partial charge in [-0.1, -0.05) is 6.07 Å². The largest absolute Gasteiger partial charge is 0.396 e. The molecule has 1 saturated heterocycles. The van der Waals surface area contributed by atoms with Crippen LogP contribution in [0.3, 0.4) is 0 Å². The number of benzene rings is 1. The summed E-state index contributed by atoms with van der Waals surface area (Å²) >= 11 is 3.43. The van der Waals surface area contributed by atoms with Gasteiger partial charge in [0.25, 0.3) is 0 Å². The molecule has 1 aromatic rings. The molecule has 1 fully saturated rings.